The molecule has 3 aromatic rings. The van der Waals surface area contributed by atoms with E-state index in [9.17, 15) is 13.6 Å². The number of H-pyrrole nitrogens is 1. The molecule has 132 valence electrons. The number of benzene rings is 1. The van der Waals surface area contributed by atoms with E-state index in [1.54, 1.807) is 0 Å². The van der Waals surface area contributed by atoms with Crippen molar-refractivity contribution in [2.75, 3.05) is 5.75 Å². The van der Waals surface area contributed by atoms with Crippen LogP contribution in [0.4, 0.5) is 8.78 Å². The second kappa shape index (κ2) is 7.53. The minimum atomic E-state index is -0.828. The van der Waals surface area contributed by atoms with Crippen molar-refractivity contribution < 1.29 is 8.78 Å². The summed E-state index contributed by atoms with van der Waals surface area (Å²) in [5.74, 6) is -0.728. The molecular formula is C16H15ClF2N4OS. The van der Waals surface area contributed by atoms with Gasteiger partial charge in [0.15, 0.2) is 16.3 Å². The quantitative estimate of drug-likeness (QED) is 0.302. The third-order valence-corrected chi connectivity index (χ3v) is 4.91. The summed E-state index contributed by atoms with van der Waals surface area (Å²) in [4.78, 5) is 23.2. The Balaban J connectivity index is 2.00. The highest BCUT2D eigenvalue weighted by atomic mass is 35.5. The largest absolute Gasteiger partial charge is 0.310 e. The number of halogens is 3. The molecule has 0 bridgehead atoms. The van der Waals surface area contributed by atoms with Crippen LogP contribution in [0.1, 0.15) is 25.3 Å². The summed E-state index contributed by atoms with van der Waals surface area (Å²) in [6.07, 6.45) is 3.36. The van der Waals surface area contributed by atoms with Gasteiger partial charge in [0.1, 0.15) is 11.6 Å². The highest BCUT2D eigenvalue weighted by molar-refractivity contribution is 7.99. The molecule has 9 heteroatoms. The lowest BCUT2D eigenvalue weighted by molar-refractivity contribution is 0.546. The van der Waals surface area contributed by atoms with Gasteiger partial charge in [0.2, 0.25) is 0 Å². The van der Waals surface area contributed by atoms with Gasteiger partial charge in [-0.25, -0.2) is 18.7 Å². The molecule has 0 spiro atoms. The number of fused-ring (bicyclic) bond motifs is 1. The smallest absolute Gasteiger partial charge is 0.279 e. The summed E-state index contributed by atoms with van der Waals surface area (Å²) in [6, 6.07) is 2.26. The van der Waals surface area contributed by atoms with E-state index in [-0.39, 0.29) is 33.9 Å². The lowest BCUT2D eigenvalue weighted by Crippen LogP contribution is -2.11. The van der Waals surface area contributed by atoms with Crippen molar-refractivity contribution in [3.63, 3.8) is 0 Å². The van der Waals surface area contributed by atoms with Crippen molar-refractivity contribution in [2.24, 2.45) is 0 Å². The van der Waals surface area contributed by atoms with Crippen molar-refractivity contribution in [3.05, 3.63) is 51.0 Å². The van der Waals surface area contributed by atoms with E-state index in [0.717, 1.165) is 30.7 Å². The zero-order valence-electron chi connectivity index (χ0n) is 13.4. The monoisotopic (exact) mass is 384 g/mol. The van der Waals surface area contributed by atoms with Crippen LogP contribution in [-0.2, 0) is 6.54 Å². The van der Waals surface area contributed by atoms with Gasteiger partial charge >= 0.3 is 0 Å². The van der Waals surface area contributed by atoms with Crippen molar-refractivity contribution in [2.45, 2.75) is 31.5 Å². The first-order valence-corrected chi connectivity index (χ1v) is 9.08. The molecular weight excluding hydrogens is 370 g/mol. The van der Waals surface area contributed by atoms with E-state index in [1.165, 1.54) is 22.7 Å². The fourth-order valence-corrected chi connectivity index (χ4v) is 3.43. The van der Waals surface area contributed by atoms with Gasteiger partial charge in [0.05, 0.1) is 17.9 Å². The third-order valence-electron chi connectivity index (χ3n) is 3.66. The molecule has 0 unspecified atom stereocenters. The summed E-state index contributed by atoms with van der Waals surface area (Å²) in [7, 11) is 0. The molecule has 0 aliphatic carbocycles. The fourth-order valence-electron chi connectivity index (χ4n) is 2.32. The standard InChI is InChI=1S/C16H15ClF2N4OS/c1-2-3-6-25-16-21-14-13(15(24)22-16)20-8-23(14)7-9-11(18)5-4-10(17)12(9)19/h4-5,8H,2-3,6-7H2,1H3,(H,21,22,24). The Hall–Kier alpha value is -1.93. The van der Waals surface area contributed by atoms with E-state index in [2.05, 4.69) is 21.9 Å². The predicted molar refractivity (Wildman–Crippen MR) is 94.3 cm³/mol. The van der Waals surface area contributed by atoms with Crippen LogP contribution in [0.2, 0.25) is 5.02 Å². The lowest BCUT2D eigenvalue weighted by atomic mass is 10.2. The Morgan fingerprint density at radius 1 is 1.36 bits per heavy atom. The third kappa shape index (κ3) is 3.69. The number of rotatable bonds is 6. The number of imidazole rings is 1. The number of hydrogen-bond acceptors (Lipinski definition) is 4. The average Bonchev–Trinajstić information content (AvgIpc) is 2.99. The van der Waals surface area contributed by atoms with E-state index < -0.39 is 11.6 Å². The second-order valence-corrected chi connectivity index (χ2v) is 6.93. The molecule has 0 fully saturated rings. The van der Waals surface area contributed by atoms with Gasteiger partial charge in [-0.15, -0.1) is 0 Å². The number of nitrogens with one attached hydrogen (secondary N) is 1. The molecule has 0 saturated carbocycles. The van der Waals surface area contributed by atoms with E-state index >= 15 is 0 Å². The van der Waals surface area contributed by atoms with Crippen molar-refractivity contribution in [1.29, 1.82) is 0 Å². The maximum absolute atomic E-state index is 14.1. The number of unbranched alkanes of at least 4 members (excludes halogenated alkanes) is 1. The molecule has 3 rings (SSSR count). The molecule has 25 heavy (non-hydrogen) atoms. The minimum absolute atomic E-state index is 0.127. The molecule has 2 aromatic heterocycles. The van der Waals surface area contributed by atoms with Gasteiger partial charge in [0, 0.05) is 11.3 Å². The summed E-state index contributed by atoms with van der Waals surface area (Å²) in [5, 5.41) is 0.294. The summed E-state index contributed by atoms with van der Waals surface area (Å²) in [6.45, 7) is 1.91. The van der Waals surface area contributed by atoms with Crippen molar-refractivity contribution in [1.82, 2.24) is 19.5 Å². The van der Waals surface area contributed by atoms with Crippen LogP contribution < -0.4 is 5.56 Å². The van der Waals surface area contributed by atoms with Crippen LogP contribution in [-0.4, -0.2) is 25.3 Å². The van der Waals surface area contributed by atoms with Crippen LogP contribution in [0.15, 0.2) is 28.4 Å². The van der Waals surface area contributed by atoms with Crippen LogP contribution in [0, 0.1) is 11.6 Å². The Labute approximate surface area is 151 Å². The van der Waals surface area contributed by atoms with Crippen LogP contribution >= 0.6 is 23.4 Å². The molecule has 0 atom stereocenters. The Morgan fingerprint density at radius 3 is 2.92 bits per heavy atom. The molecule has 0 saturated heterocycles. The van der Waals surface area contributed by atoms with Gasteiger partial charge in [0.25, 0.3) is 5.56 Å². The van der Waals surface area contributed by atoms with Crippen molar-refractivity contribution >= 4 is 34.5 Å². The van der Waals surface area contributed by atoms with Gasteiger partial charge < -0.3 is 4.57 Å². The number of thioether (sulfide) groups is 1. The first-order chi connectivity index (χ1) is 12.0. The highest BCUT2D eigenvalue weighted by Crippen LogP contribution is 2.23. The van der Waals surface area contributed by atoms with Crippen LogP contribution in [0.5, 0.6) is 0 Å². The van der Waals surface area contributed by atoms with Crippen molar-refractivity contribution in [3.8, 4) is 0 Å². The predicted octanol–water partition coefficient (Wildman–Crippen LogP) is 3.99. The lowest BCUT2D eigenvalue weighted by Gasteiger charge is -2.08. The number of nitrogens with zero attached hydrogens (tertiary/aromatic N) is 3. The Kier molecular flexibility index (Phi) is 5.39. The highest BCUT2D eigenvalue weighted by Gasteiger charge is 2.16. The van der Waals surface area contributed by atoms with Gasteiger partial charge in [-0.1, -0.05) is 36.7 Å². The molecule has 5 nitrogen and oxygen atoms in total. The number of aromatic amines is 1. The maximum Gasteiger partial charge on any atom is 0.279 e. The summed E-state index contributed by atoms with van der Waals surface area (Å²) < 4.78 is 29.5. The summed E-state index contributed by atoms with van der Waals surface area (Å²) >= 11 is 7.15. The first-order valence-electron chi connectivity index (χ1n) is 7.71. The normalized spacial score (nSPS) is 11.4. The van der Waals surface area contributed by atoms with Gasteiger partial charge in [-0.3, -0.25) is 9.78 Å². The fraction of sp³-hybridized carbons (Fsp3) is 0.312. The molecule has 0 aliphatic rings. The van der Waals surface area contributed by atoms with E-state index in [4.69, 9.17) is 11.6 Å². The maximum atomic E-state index is 14.1. The SMILES string of the molecule is CCCCSc1nc2c(ncn2Cc2c(F)ccc(Cl)c2F)c(=O)[nH]1. The summed E-state index contributed by atoms with van der Waals surface area (Å²) in [5.41, 5.74) is -0.173. The average molecular weight is 385 g/mol. The van der Waals surface area contributed by atoms with Gasteiger partial charge in [-0.2, -0.15) is 0 Å². The van der Waals surface area contributed by atoms with Gasteiger partial charge in [-0.05, 0) is 18.6 Å². The molecule has 0 aliphatic heterocycles. The van der Waals surface area contributed by atoms with E-state index in [0.29, 0.717) is 5.16 Å². The minimum Gasteiger partial charge on any atom is -0.310 e. The first kappa shape index (κ1) is 17.9. The second-order valence-electron chi connectivity index (χ2n) is 5.44. The molecule has 0 amide bonds. The van der Waals surface area contributed by atoms with E-state index in [1.807, 2.05) is 0 Å². The Bertz CT molecular complexity index is 973. The molecule has 1 N–H and O–H groups in total. The zero-order chi connectivity index (χ0) is 18.0. The molecule has 1 aromatic carbocycles. The Morgan fingerprint density at radius 2 is 2.16 bits per heavy atom. The van der Waals surface area contributed by atoms with Crippen LogP contribution in [0.3, 0.4) is 0 Å². The molecule has 0 radical (unpaired) electrons. The number of aromatic nitrogens is 4. The number of hydrogen-bond donors (Lipinski definition) is 1. The zero-order valence-corrected chi connectivity index (χ0v) is 14.9. The topological polar surface area (TPSA) is 63.6 Å². The molecule has 2 heterocycles. The van der Waals surface area contributed by atoms with Crippen LogP contribution in [0.25, 0.3) is 11.2 Å².